The summed E-state index contributed by atoms with van der Waals surface area (Å²) in [5, 5.41) is 3.69. The molecule has 0 bridgehead atoms. The third kappa shape index (κ3) is 4.51. The molecule has 1 aliphatic rings. The van der Waals surface area contributed by atoms with Gasteiger partial charge in [-0.3, -0.25) is 4.79 Å². The maximum absolute atomic E-state index is 12.7. The molecule has 0 aromatic heterocycles. The van der Waals surface area contributed by atoms with E-state index in [9.17, 15) is 4.79 Å². The number of carbonyl (C=O) groups is 1. The van der Waals surface area contributed by atoms with Crippen molar-refractivity contribution in [3.8, 4) is 0 Å². The van der Waals surface area contributed by atoms with Gasteiger partial charge in [-0.15, -0.1) is 11.8 Å². The standard InChI is InChI=1S/C23H21ClN2OS/c24-20-9-6-17(7-10-20)15-25-23(27)19-8-11-22-21(14-19)26(12-13-28-22)16-18-4-2-1-3-5-18/h1-11,14H,12-13,15-16H2,(H,25,27). The number of nitrogens with one attached hydrogen (secondary N) is 1. The van der Waals surface area contributed by atoms with Gasteiger partial charge in [0.2, 0.25) is 0 Å². The van der Waals surface area contributed by atoms with E-state index in [-0.39, 0.29) is 5.91 Å². The van der Waals surface area contributed by atoms with Gasteiger partial charge in [-0.25, -0.2) is 0 Å². The van der Waals surface area contributed by atoms with E-state index in [1.807, 2.05) is 54.2 Å². The fourth-order valence-corrected chi connectivity index (χ4v) is 4.43. The minimum atomic E-state index is -0.0621. The second-order valence-corrected chi connectivity index (χ2v) is 8.32. The molecule has 0 spiro atoms. The molecule has 0 unspecified atom stereocenters. The smallest absolute Gasteiger partial charge is 0.251 e. The molecule has 0 radical (unpaired) electrons. The average Bonchev–Trinajstić information content (AvgIpc) is 2.74. The number of benzene rings is 3. The van der Waals surface area contributed by atoms with E-state index < -0.39 is 0 Å². The van der Waals surface area contributed by atoms with Crippen molar-refractivity contribution in [1.29, 1.82) is 0 Å². The van der Waals surface area contributed by atoms with Crippen LogP contribution in [0.5, 0.6) is 0 Å². The lowest BCUT2D eigenvalue weighted by molar-refractivity contribution is 0.0951. The Morgan fingerprint density at radius 1 is 1.00 bits per heavy atom. The molecule has 0 aliphatic carbocycles. The first kappa shape index (κ1) is 18.9. The van der Waals surface area contributed by atoms with Gasteiger partial charge in [-0.2, -0.15) is 0 Å². The van der Waals surface area contributed by atoms with Gasteiger partial charge in [0.25, 0.3) is 5.91 Å². The molecule has 0 saturated carbocycles. The summed E-state index contributed by atoms with van der Waals surface area (Å²) in [5.41, 5.74) is 4.13. The van der Waals surface area contributed by atoms with Crippen LogP contribution in [0.2, 0.25) is 5.02 Å². The van der Waals surface area contributed by atoms with E-state index in [2.05, 4.69) is 40.5 Å². The van der Waals surface area contributed by atoms with Gasteiger partial charge >= 0.3 is 0 Å². The van der Waals surface area contributed by atoms with Crippen LogP contribution in [-0.4, -0.2) is 18.2 Å². The summed E-state index contributed by atoms with van der Waals surface area (Å²) < 4.78 is 0. The van der Waals surface area contributed by atoms with Gasteiger partial charge < -0.3 is 10.2 Å². The zero-order valence-electron chi connectivity index (χ0n) is 15.4. The Balaban J connectivity index is 1.49. The van der Waals surface area contributed by atoms with Crippen LogP contribution < -0.4 is 10.2 Å². The first-order chi connectivity index (χ1) is 13.7. The van der Waals surface area contributed by atoms with E-state index in [1.165, 1.54) is 10.5 Å². The van der Waals surface area contributed by atoms with E-state index in [4.69, 9.17) is 11.6 Å². The number of nitrogens with zero attached hydrogens (tertiary/aromatic N) is 1. The van der Waals surface area contributed by atoms with Gasteiger partial charge in [0.05, 0.1) is 5.69 Å². The number of anilines is 1. The summed E-state index contributed by atoms with van der Waals surface area (Å²) in [6.45, 7) is 2.31. The van der Waals surface area contributed by atoms with Crippen molar-refractivity contribution < 1.29 is 4.79 Å². The summed E-state index contributed by atoms with van der Waals surface area (Å²) in [6, 6.07) is 24.0. The fraction of sp³-hybridized carbons (Fsp3) is 0.174. The van der Waals surface area contributed by atoms with Crippen molar-refractivity contribution in [3.05, 3.63) is 94.5 Å². The number of halogens is 1. The molecule has 5 heteroatoms. The molecule has 4 rings (SSSR count). The van der Waals surface area contributed by atoms with Gasteiger partial charge in [0.1, 0.15) is 0 Å². The first-order valence-electron chi connectivity index (χ1n) is 9.27. The molecular weight excluding hydrogens is 388 g/mol. The third-order valence-electron chi connectivity index (χ3n) is 4.76. The highest BCUT2D eigenvalue weighted by Gasteiger charge is 2.19. The van der Waals surface area contributed by atoms with Crippen LogP contribution in [0.25, 0.3) is 0 Å². The summed E-state index contributed by atoms with van der Waals surface area (Å²) in [4.78, 5) is 16.3. The van der Waals surface area contributed by atoms with Gasteiger partial charge in [-0.05, 0) is 41.5 Å². The molecule has 1 amide bonds. The summed E-state index contributed by atoms with van der Waals surface area (Å²) in [6.07, 6.45) is 0. The van der Waals surface area contributed by atoms with Crippen LogP contribution in [0.15, 0.2) is 77.7 Å². The molecule has 3 aromatic carbocycles. The SMILES string of the molecule is O=C(NCc1ccc(Cl)cc1)c1ccc2c(c1)N(Cc1ccccc1)CCS2. The van der Waals surface area contributed by atoms with Gasteiger partial charge in [0.15, 0.2) is 0 Å². The number of carbonyl (C=O) groups excluding carboxylic acids is 1. The highest BCUT2D eigenvalue weighted by Crippen LogP contribution is 2.36. The van der Waals surface area contributed by atoms with Gasteiger partial charge in [0, 0.05) is 40.9 Å². The molecule has 1 N–H and O–H groups in total. The molecule has 0 atom stereocenters. The van der Waals surface area contributed by atoms with E-state index in [0.717, 1.165) is 30.1 Å². The Morgan fingerprint density at radius 2 is 1.79 bits per heavy atom. The van der Waals surface area contributed by atoms with Crippen molar-refractivity contribution in [1.82, 2.24) is 5.32 Å². The van der Waals surface area contributed by atoms with Crippen LogP contribution in [0, 0.1) is 0 Å². The van der Waals surface area contributed by atoms with E-state index in [0.29, 0.717) is 17.1 Å². The normalized spacial score (nSPS) is 13.1. The van der Waals surface area contributed by atoms with E-state index in [1.54, 1.807) is 0 Å². The second kappa shape index (κ2) is 8.72. The largest absolute Gasteiger partial charge is 0.365 e. The molecule has 142 valence electrons. The Morgan fingerprint density at radius 3 is 2.57 bits per heavy atom. The van der Waals surface area contributed by atoms with Crippen LogP contribution in [-0.2, 0) is 13.1 Å². The zero-order valence-corrected chi connectivity index (χ0v) is 17.0. The minimum Gasteiger partial charge on any atom is -0.365 e. The molecule has 28 heavy (non-hydrogen) atoms. The molecule has 3 aromatic rings. The summed E-state index contributed by atoms with van der Waals surface area (Å²) in [7, 11) is 0. The molecule has 1 aliphatic heterocycles. The lowest BCUT2D eigenvalue weighted by Gasteiger charge is -2.31. The topological polar surface area (TPSA) is 32.3 Å². The number of amides is 1. The number of hydrogen-bond acceptors (Lipinski definition) is 3. The maximum Gasteiger partial charge on any atom is 0.251 e. The Hall–Kier alpha value is -2.43. The lowest BCUT2D eigenvalue weighted by atomic mass is 10.1. The predicted octanol–water partition coefficient (Wildman–Crippen LogP) is 5.38. The molecule has 0 saturated heterocycles. The Bertz CT molecular complexity index is 960. The minimum absolute atomic E-state index is 0.0621. The van der Waals surface area contributed by atoms with Crippen molar-refractivity contribution >= 4 is 35.0 Å². The van der Waals surface area contributed by atoms with Crippen LogP contribution in [0.1, 0.15) is 21.5 Å². The van der Waals surface area contributed by atoms with Crippen molar-refractivity contribution in [2.24, 2.45) is 0 Å². The zero-order chi connectivity index (χ0) is 19.3. The quantitative estimate of drug-likeness (QED) is 0.614. The van der Waals surface area contributed by atoms with Crippen molar-refractivity contribution in [2.75, 3.05) is 17.2 Å². The van der Waals surface area contributed by atoms with Gasteiger partial charge in [-0.1, -0.05) is 54.1 Å². The third-order valence-corrected chi connectivity index (χ3v) is 6.06. The molecule has 3 nitrogen and oxygen atoms in total. The van der Waals surface area contributed by atoms with Crippen LogP contribution in [0.3, 0.4) is 0 Å². The maximum atomic E-state index is 12.7. The second-order valence-electron chi connectivity index (χ2n) is 6.75. The molecular formula is C23H21ClN2OS. The van der Waals surface area contributed by atoms with Crippen molar-refractivity contribution in [3.63, 3.8) is 0 Å². The van der Waals surface area contributed by atoms with Crippen LogP contribution in [0.4, 0.5) is 5.69 Å². The molecule has 0 fully saturated rings. The van der Waals surface area contributed by atoms with Crippen molar-refractivity contribution in [2.45, 2.75) is 18.0 Å². The number of thioether (sulfide) groups is 1. The lowest BCUT2D eigenvalue weighted by Crippen LogP contribution is -2.29. The number of rotatable bonds is 5. The Labute approximate surface area is 174 Å². The monoisotopic (exact) mass is 408 g/mol. The highest BCUT2D eigenvalue weighted by molar-refractivity contribution is 7.99. The first-order valence-corrected chi connectivity index (χ1v) is 10.6. The summed E-state index contributed by atoms with van der Waals surface area (Å²) in [5.74, 6) is 0.995. The predicted molar refractivity (Wildman–Crippen MR) is 117 cm³/mol. The number of fused-ring (bicyclic) bond motifs is 1. The fourth-order valence-electron chi connectivity index (χ4n) is 3.27. The molecule has 1 heterocycles. The van der Waals surface area contributed by atoms with E-state index >= 15 is 0 Å². The highest BCUT2D eigenvalue weighted by atomic mass is 35.5. The van der Waals surface area contributed by atoms with Crippen LogP contribution >= 0.6 is 23.4 Å². The number of hydrogen-bond donors (Lipinski definition) is 1. The Kier molecular flexibility index (Phi) is 5.89. The summed E-state index contributed by atoms with van der Waals surface area (Å²) >= 11 is 7.76. The average molecular weight is 409 g/mol.